The first-order valence-corrected chi connectivity index (χ1v) is 10.3. The molecule has 0 bridgehead atoms. The highest BCUT2D eigenvalue weighted by Gasteiger charge is 2.34. The molecular weight excluding hydrogens is 453 g/mol. The summed E-state index contributed by atoms with van der Waals surface area (Å²) in [4.78, 5) is 51.2. The van der Waals surface area contributed by atoms with E-state index < -0.39 is 23.8 Å². The molecule has 1 amide bonds. The summed E-state index contributed by atoms with van der Waals surface area (Å²) in [6.07, 6.45) is -1.20. The lowest BCUT2D eigenvalue weighted by molar-refractivity contribution is -0.123. The average Bonchev–Trinajstić information content (AvgIpc) is 2.78. The highest BCUT2D eigenvalue weighted by Crippen LogP contribution is 2.30. The summed E-state index contributed by atoms with van der Waals surface area (Å²) in [5, 5.41) is 3.19. The summed E-state index contributed by atoms with van der Waals surface area (Å²) in [5.41, 5.74) is 0.803. The molecule has 3 aromatic rings. The summed E-state index contributed by atoms with van der Waals surface area (Å²) < 4.78 is 5.29. The second-order valence-electron chi connectivity index (χ2n) is 7.09. The number of ketones is 2. The molecule has 0 spiro atoms. The van der Waals surface area contributed by atoms with Gasteiger partial charge in [0, 0.05) is 27.3 Å². The van der Waals surface area contributed by atoms with Crippen molar-refractivity contribution >= 4 is 52.3 Å². The molecular formula is C24H15Cl2NO5. The minimum atomic E-state index is -1.20. The van der Waals surface area contributed by atoms with Gasteiger partial charge in [0.25, 0.3) is 5.91 Å². The van der Waals surface area contributed by atoms with Crippen molar-refractivity contribution in [3.8, 4) is 0 Å². The summed E-state index contributed by atoms with van der Waals surface area (Å²) in [6, 6.07) is 15.3. The van der Waals surface area contributed by atoms with Gasteiger partial charge in [0.2, 0.25) is 0 Å². The lowest BCUT2D eigenvalue weighted by Crippen LogP contribution is -2.31. The van der Waals surface area contributed by atoms with E-state index >= 15 is 0 Å². The third-order valence-corrected chi connectivity index (χ3v) is 5.56. The first-order chi connectivity index (χ1) is 15.3. The predicted octanol–water partition coefficient (Wildman–Crippen LogP) is 4.95. The van der Waals surface area contributed by atoms with Crippen LogP contribution in [0.15, 0.2) is 60.7 Å². The molecule has 160 valence electrons. The van der Waals surface area contributed by atoms with Gasteiger partial charge in [-0.3, -0.25) is 14.4 Å². The van der Waals surface area contributed by atoms with Gasteiger partial charge in [-0.25, -0.2) is 4.79 Å². The summed E-state index contributed by atoms with van der Waals surface area (Å²) in [5.74, 6) is -2.33. The van der Waals surface area contributed by atoms with Gasteiger partial charge in [0.15, 0.2) is 17.7 Å². The lowest BCUT2D eigenvalue weighted by Gasteiger charge is -2.20. The third-order valence-electron chi connectivity index (χ3n) is 5.01. The molecule has 1 aliphatic rings. The second-order valence-corrected chi connectivity index (χ2v) is 7.94. The molecule has 0 aromatic heterocycles. The van der Waals surface area contributed by atoms with Crippen LogP contribution < -0.4 is 5.32 Å². The SMILES string of the molecule is C[C@@H](OC(=O)c1cccc2c1C(=O)c1ccccc1C2=O)C(=O)Nc1ccc(Cl)cc1Cl. The van der Waals surface area contributed by atoms with Crippen molar-refractivity contribution in [2.75, 3.05) is 5.32 Å². The van der Waals surface area contributed by atoms with Crippen LogP contribution in [0.3, 0.4) is 0 Å². The zero-order valence-electron chi connectivity index (χ0n) is 16.6. The van der Waals surface area contributed by atoms with Crippen LogP contribution in [0.5, 0.6) is 0 Å². The fraction of sp³-hybridized carbons (Fsp3) is 0.0833. The van der Waals surface area contributed by atoms with E-state index in [1.807, 2.05) is 0 Å². The Hall–Kier alpha value is -3.48. The smallest absolute Gasteiger partial charge is 0.339 e. The van der Waals surface area contributed by atoms with Crippen LogP contribution in [0, 0.1) is 0 Å². The van der Waals surface area contributed by atoms with Gasteiger partial charge in [-0.05, 0) is 31.2 Å². The van der Waals surface area contributed by atoms with Crippen LogP contribution in [0.1, 0.15) is 49.1 Å². The molecule has 6 nitrogen and oxygen atoms in total. The van der Waals surface area contributed by atoms with Gasteiger partial charge >= 0.3 is 5.97 Å². The van der Waals surface area contributed by atoms with E-state index in [-0.39, 0.29) is 38.6 Å². The molecule has 0 heterocycles. The van der Waals surface area contributed by atoms with Gasteiger partial charge in [0.05, 0.1) is 16.3 Å². The Labute approximate surface area is 193 Å². The number of halogens is 2. The Bertz CT molecular complexity index is 1300. The minimum Gasteiger partial charge on any atom is -0.449 e. The van der Waals surface area contributed by atoms with Gasteiger partial charge in [-0.1, -0.05) is 59.6 Å². The molecule has 0 saturated heterocycles. The van der Waals surface area contributed by atoms with Crippen LogP contribution in [0.4, 0.5) is 5.69 Å². The standard InChI is InChI=1S/C24H15Cl2NO5/c1-12(23(30)27-19-10-9-13(25)11-18(19)26)32-24(31)17-8-4-7-16-20(17)22(29)15-6-3-2-5-14(15)21(16)28/h2-12H,1H3,(H,27,30)/t12-/m1/s1. The fourth-order valence-electron chi connectivity index (χ4n) is 3.42. The summed E-state index contributed by atoms with van der Waals surface area (Å²) in [7, 11) is 0. The maximum Gasteiger partial charge on any atom is 0.339 e. The van der Waals surface area contributed by atoms with E-state index in [0.717, 1.165) is 0 Å². The molecule has 1 aliphatic carbocycles. The number of ether oxygens (including phenoxy) is 1. The number of nitrogens with one attached hydrogen (secondary N) is 1. The van der Waals surface area contributed by atoms with E-state index in [2.05, 4.69) is 5.32 Å². The average molecular weight is 468 g/mol. The van der Waals surface area contributed by atoms with Crippen molar-refractivity contribution in [3.63, 3.8) is 0 Å². The predicted molar refractivity (Wildman–Crippen MR) is 120 cm³/mol. The number of hydrogen-bond acceptors (Lipinski definition) is 5. The molecule has 3 aromatic carbocycles. The Morgan fingerprint density at radius 3 is 2.22 bits per heavy atom. The summed E-state index contributed by atoms with van der Waals surface area (Å²) in [6.45, 7) is 1.38. The molecule has 1 N–H and O–H groups in total. The maximum absolute atomic E-state index is 13.0. The van der Waals surface area contributed by atoms with Gasteiger partial charge in [0.1, 0.15) is 0 Å². The molecule has 0 fully saturated rings. The van der Waals surface area contributed by atoms with E-state index in [1.165, 1.54) is 43.3 Å². The highest BCUT2D eigenvalue weighted by atomic mass is 35.5. The van der Waals surface area contributed by atoms with Gasteiger partial charge in [-0.15, -0.1) is 0 Å². The molecule has 32 heavy (non-hydrogen) atoms. The topological polar surface area (TPSA) is 89.5 Å². The minimum absolute atomic E-state index is 0.0328. The number of anilines is 1. The van der Waals surface area contributed by atoms with E-state index in [9.17, 15) is 19.2 Å². The van der Waals surface area contributed by atoms with E-state index in [1.54, 1.807) is 24.3 Å². The number of carbonyl (C=O) groups is 4. The van der Waals surface area contributed by atoms with Crippen molar-refractivity contribution in [1.82, 2.24) is 0 Å². The number of benzene rings is 3. The molecule has 0 unspecified atom stereocenters. The number of hydrogen-bond donors (Lipinski definition) is 1. The number of esters is 1. The highest BCUT2D eigenvalue weighted by molar-refractivity contribution is 6.36. The normalized spacial score (nSPS) is 13.1. The number of amides is 1. The van der Waals surface area contributed by atoms with E-state index in [0.29, 0.717) is 10.7 Å². The van der Waals surface area contributed by atoms with Crippen LogP contribution in [0.25, 0.3) is 0 Å². The maximum atomic E-state index is 13.0. The van der Waals surface area contributed by atoms with Crippen LogP contribution >= 0.6 is 23.2 Å². The molecule has 0 aliphatic heterocycles. The first-order valence-electron chi connectivity index (χ1n) is 9.56. The van der Waals surface area contributed by atoms with Crippen LogP contribution in [0.2, 0.25) is 10.0 Å². The van der Waals surface area contributed by atoms with Gasteiger partial charge in [-0.2, -0.15) is 0 Å². The Morgan fingerprint density at radius 1 is 0.875 bits per heavy atom. The second kappa shape index (κ2) is 8.57. The molecule has 0 radical (unpaired) electrons. The third kappa shape index (κ3) is 3.90. The van der Waals surface area contributed by atoms with Gasteiger partial charge < -0.3 is 10.1 Å². The number of rotatable bonds is 4. The van der Waals surface area contributed by atoms with Crippen molar-refractivity contribution < 1.29 is 23.9 Å². The largest absolute Gasteiger partial charge is 0.449 e. The molecule has 4 rings (SSSR count). The Kier molecular flexibility index (Phi) is 5.82. The van der Waals surface area contributed by atoms with Crippen molar-refractivity contribution in [2.45, 2.75) is 13.0 Å². The Morgan fingerprint density at radius 2 is 1.53 bits per heavy atom. The summed E-state index contributed by atoms with van der Waals surface area (Å²) >= 11 is 11.9. The first kappa shape index (κ1) is 21.7. The van der Waals surface area contributed by atoms with E-state index in [4.69, 9.17) is 27.9 Å². The zero-order valence-corrected chi connectivity index (χ0v) is 18.2. The Balaban J connectivity index is 1.57. The monoisotopic (exact) mass is 467 g/mol. The molecule has 0 saturated carbocycles. The van der Waals surface area contributed by atoms with Crippen molar-refractivity contribution in [3.05, 3.63) is 98.5 Å². The van der Waals surface area contributed by atoms with Crippen molar-refractivity contribution in [2.24, 2.45) is 0 Å². The van der Waals surface area contributed by atoms with Crippen molar-refractivity contribution in [1.29, 1.82) is 0 Å². The molecule has 8 heteroatoms. The van der Waals surface area contributed by atoms with Crippen LogP contribution in [-0.2, 0) is 9.53 Å². The number of carbonyl (C=O) groups excluding carboxylic acids is 4. The fourth-order valence-corrected chi connectivity index (χ4v) is 3.87. The molecule has 1 atom stereocenters. The van der Waals surface area contributed by atoms with Crippen LogP contribution in [-0.4, -0.2) is 29.5 Å². The number of fused-ring (bicyclic) bond motifs is 2. The zero-order chi connectivity index (χ0) is 23.0. The lowest BCUT2D eigenvalue weighted by atomic mass is 9.82. The quantitative estimate of drug-likeness (QED) is 0.428.